The van der Waals surface area contributed by atoms with Crippen molar-refractivity contribution < 1.29 is 0 Å². The van der Waals surface area contributed by atoms with Crippen molar-refractivity contribution in [3.8, 4) is 0 Å². The largest absolute Gasteiger partial charge is 0.309 e. The maximum atomic E-state index is 2.39. The molecule has 0 bridgehead atoms. The van der Waals surface area contributed by atoms with E-state index >= 15 is 0 Å². The van der Waals surface area contributed by atoms with Crippen LogP contribution in [0.2, 0.25) is 0 Å². The van der Waals surface area contributed by atoms with Gasteiger partial charge in [0.05, 0.1) is 6.54 Å². The first-order chi connectivity index (χ1) is 6.13. The van der Waals surface area contributed by atoms with E-state index in [2.05, 4.69) is 62.1 Å². The second kappa shape index (κ2) is 4.47. The highest BCUT2D eigenvalue weighted by Crippen LogP contribution is 2.12. The van der Waals surface area contributed by atoms with Gasteiger partial charge < -0.3 is 5.01 Å². The second-order valence-corrected chi connectivity index (χ2v) is 3.96. The van der Waals surface area contributed by atoms with Crippen LogP contribution in [-0.2, 0) is 0 Å². The lowest BCUT2D eigenvalue weighted by Gasteiger charge is -2.40. The Morgan fingerprint density at radius 2 is 1.69 bits per heavy atom. The van der Waals surface area contributed by atoms with E-state index in [9.17, 15) is 0 Å². The van der Waals surface area contributed by atoms with Crippen molar-refractivity contribution in [3.63, 3.8) is 0 Å². The highest BCUT2D eigenvalue weighted by molar-refractivity contribution is 5.08. The Kier molecular flexibility index (Phi) is 3.55. The Morgan fingerprint density at radius 1 is 1.08 bits per heavy atom. The molecule has 0 aromatic heterocycles. The molecule has 1 aliphatic heterocycles. The van der Waals surface area contributed by atoms with Gasteiger partial charge in [-0.3, -0.25) is 0 Å². The zero-order chi connectivity index (χ0) is 9.84. The Balaban J connectivity index is 2.65. The molecule has 0 N–H and O–H groups in total. The van der Waals surface area contributed by atoms with E-state index in [-0.39, 0.29) is 0 Å². The van der Waals surface area contributed by atoms with Gasteiger partial charge in [-0.15, -0.1) is 0 Å². The fourth-order valence-corrected chi connectivity index (χ4v) is 1.82. The lowest BCUT2D eigenvalue weighted by Crippen LogP contribution is -2.48. The Hall–Kier alpha value is -0.760. The molecule has 1 rings (SSSR count). The summed E-state index contributed by atoms with van der Waals surface area (Å²) in [6.45, 7) is 9.91. The van der Waals surface area contributed by atoms with Crippen LogP contribution in [0.25, 0.3) is 0 Å². The van der Waals surface area contributed by atoms with Crippen molar-refractivity contribution in [2.75, 3.05) is 6.54 Å². The highest BCUT2D eigenvalue weighted by atomic mass is 15.6. The van der Waals surface area contributed by atoms with Crippen LogP contribution >= 0.6 is 0 Å². The normalized spacial score (nSPS) is 16.7. The third kappa shape index (κ3) is 2.59. The van der Waals surface area contributed by atoms with Crippen molar-refractivity contribution in [3.05, 3.63) is 24.4 Å². The summed E-state index contributed by atoms with van der Waals surface area (Å²) in [5, 5.41) is 4.66. The Morgan fingerprint density at radius 3 is 2.08 bits per heavy atom. The van der Waals surface area contributed by atoms with Crippen LogP contribution in [0.15, 0.2) is 24.4 Å². The van der Waals surface area contributed by atoms with Crippen LogP contribution in [0, 0.1) is 0 Å². The SMILES string of the molecule is CC(C)N(C(C)C)N1C=CC=CC1. The topological polar surface area (TPSA) is 6.48 Å². The van der Waals surface area contributed by atoms with Crippen LogP contribution in [0.4, 0.5) is 0 Å². The Labute approximate surface area is 81.5 Å². The van der Waals surface area contributed by atoms with E-state index in [0.717, 1.165) is 6.54 Å². The van der Waals surface area contributed by atoms with Crippen molar-refractivity contribution in [2.24, 2.45) is 0 Å². The molecule has 0 radical (unpaired) electrons. The number of rotatable bonds is 3. The number of nitrogens with zero attached hydrogens (tertiary/aromatic N) is 2. The molecule has 0 spiro atoms. The van der Waals surface area contributed by atoms with Gasteiger partial charge in [0.1, 0.15) is 0 Å². The molecule has 1 heterocycles. The fourth-order valence-electron chi connectivity index (χ4n) is 1.82. The van der Waals surface area contributed by atoms with Crippen LogP contribution < -0.4 is 0 Å². The zero-order valence-corrected chi connectivity index (χ0v) is 9.07. The quantitative estimate of drug-likeness (QED) is 0.658. The summed E-state index contributed by atoms with van der Waals surface area (Å²) >= 11 is 0. The molecule has 0 aromatic carbocycles. The minimum absolute atomic E-state index is 0.552. The maximum Gasteiger partial charge on any atom is 0.0524 e. The lowest BCUT2D eigenvalue weighted by molar-refractivity contribution is -0.0291. The van der Waals surface area contributed by atoms with Crippen LogP contribution in [-0.4, -0.2) is 28.6 Å². The standard InChI is InChI=1S/C11H20N2/c1-10(2)13(11(3)4)12-8-6-5-7-9-12/h5-8,10-11H,9H2,1-4H3. The predicted octanol–water partition coefficient (Wildman–Crippen LogP) is 2.41. The van der Waals surface area contributed by atoms with E-state index in [1.54, 1.807) is 0 Å². The van der Waals surface area contributed by atoms with E-state index in [1.807, 2.05) is 0 Å². The number of hydrazine groups is 1. The molecule has 0 atom stereocenters. The van der Waals surface area contributed by atoms with Crippen molar-refractivity contribution in [1.29, 1.82) is 0 Å². The molecule has 2 heteroatoms. The monoisotopic (exact) mass is 180 g/mol. The average molecular weight is 180 g/mol. The average Bonchev–Trinajstić information content (AvgIpc) is 2.04. The summed E-state index contributed by atoms with van der Waals surface area (Å²) < 4.78 is 0. The lowest BCUT2D eigenvalue weighted by atomic mass is 10.2. The maximum absolute atomic E-state index is 2.39. The molecular weight excluding hydrogens is 160 g/mol. The second-order valence-electron chi connectivity index (χ2n) is 3.96. The fraction of sp³-hybridized carbons (Fsp3) is 0.636. The molecule has 0 aliphatic carbocycles. The molecule has 0 unspecified atom stereocenters. The highest BCUT2D eigenvalue weighted by Gasteiger charge is 2.18. The van der Waals surface area contributed by atoms with Crippen LogP contribution in [0.1, 0.15) is 27.7 Å². The van der Waals surface area contributed by atoms with E-state index in [4.69, 9.17) is 0 Å². The van der Waals surface area contributed by atoms with Crippen LogP contribution in [0.3, 0.4) is 0 Å². The van der Waals surface area contributed by atoms with Crippen molar-refractivity contribution in [2.45, 2.75) is 39.8 Å². The summed E-state index contributed by atoms with van der Waals surface area (Å²) in [6.07, 6.45) is 8.49. The molecule has 0 fully saturated rings. The molecule has 0 amide bonds. The number of hydrogen-bond acceptors (Lipinski definition) is 2. The summed E-state index contributed by atoms with van der Waals surface area (Å²) in [5.41, 5.74) is 0. The van der Waals surface area contributed by atoms with Gasteiger partial charge in [-0.1, -0.05) is 12.2 Å². The number of hydrogen-bond donors (Lipinski definition) is 0. The minimum Gasteiger partial charge on any atom is -0.309 e. The van der Waals surface area contributed by atoms with Gasteiger partial charge in [-0.2, -0.15) is 0 Å². The van der Waals surface area contributed by atoms with Crippen molar-refractivity contribution >= 4 is 0 Å². The van der Waals surface area contributed by atoms with E-state index in [1.165, 1.54) is 0 Å². The third-order valence-corrected chi connectivity index (χ3v) is 2.15. The number of allylic oxidation sites excluding steroid dienone is 2. The van der Waals surface area contributed by atoms with Gasteiger partial charge in [-0.25, -0.2) is 5.01 Å². The van der Waals surface area contributed by atoms with Crippen LogP contribution in [0.5, 0.6) is 0 Å². The molecule has 0 saturated heterocycles. The third-order valence-electron chi connectivity index (χ3n) is 2.15. The van der Waals surface area contributed by atoms with Gasteiger partial charge >= 0.3 is 0 Å². The summed E-state index contributed by atoms with van der Waals surface area (Å²) in [5.74, 6) is 0. The summed E-state index contributed by atoms with van der Waals surface area (Å²) in [7, 11) is 0. The van der Waals surface area contributed by atoms with Gasteiger partial charge in [0, 0.05) is 18.3 Å². The van der Waals surface area contributed by atoms with Gasteiger partial charge in [-0.05, 0) is 33.8 Å². The molecule has 13 heavy (non-hydrogen) atoms. The first-order valence-electron chi connectivity index (χ1n) is 5.01. The molecule has 0 aromatic rings. The zero-order valence-electron chi connectivity index (χ0n) is 9.07. The summed E-state index contributed by atoms with van der Waals surface area (Å²) in [6, 6.07) is 1.10. The molecule has 74 valence electrons. The summed E-state index contributed by atoms with van der Waals surface area (Å²) in [4.78, 5) is 0. The van der Waals surface area contributed by atoms with Gasteiger partial charge in [0.2, 0.25) is 0 Å². The predicted molar refractivity (Wildman–Crippen MR) is 57.1 cm³/mol. The molecule has 0 saturated carbocycles. The minimum atomic E-state index is 0.552. The smallest absolute Gasteiger partial charge is 0.0524 e. The first-order valence-corrected chi connectivity index (χ1v) is 5.01. The van der Waals surface area contributed by atoms with Gasteiger partial charge in [0.15, 0.2) is 0 Å². The first kappa shape index (κ1) is 10.3. The Bertz CT molecular complexity index is 196. The van der Waals surface area contributed by atoms with E-state index in [0.29, 0.717) is 12.1 Å². The van der Waals surface area contributed by atoms with Crippen molar-refractivity contribution in [1.82, 2.24) is 10.0 Å². The molecule has 2 nitrogen and oxygen atoms in total. The molecule has 1 aliphatic rings. The van der Waals surface area contributed by atoms with E-state index < -0.39 is 0 Å². The van der Waals surface area contributed by atoms with Gasteiger partial charge in [0.25, 0.3) is 0 Å². The molecular formula is C11H20N2.